The zero-order valence-corrected chi connectivity index (χ0v) is 21.6. The Labute approximate surface area is 207 Å². The number of amides is 1. The zero-order valence-electron chi connectivity index (χ0n) is 21.6. The average molecular weight is 486 g/mol. The second kappa shape index (κ2) is 12.9. The number of aryl methyl sites for hydroxylation is 1. The van der Waals surface area contributed by atoms with E-state index in [-0.39, 0.29) is 41.7 Å². The van der Waals surface area contributed by atoms with Crippen molar-refractivity contribution in [2.24, 2.45) is 0 Å². The molecule has 1 amide bonds. The molecule has 0 aliphatic rings. The molecule has 8 heteroatoms. The first-order valence-electron chi connectivity index (χ1n) is 11.9. The third-order valence-electron chi connectivity index (χ3n) is 6.44. The highest BCUT2D eigenvalue weighted by atomic mass is 16.5. The number of hydrogen-bond donors (Lipinski definition) is 1. The molecule has 0 radical (unpaired) electrons. The molecule has 0 fully saturated rings. The Morgan fingerprint density at radius 3 is 2.23 bits per heavy atom. The lowest BCUT2D eigenvalue weighted by Crippen LogP contribution is -2.60. The highest BCUT2D eigenvalue weighted by Crippen LogP contribution is 2.28. The van der Waals surface area contributed by atoms with E-state index in [2.05, 4.69) is 5.32 Å². The third kappa shape index (κ3) is 7.05. The molecule has 0 heterocycles. The number of benzene rings is 2. The number of quaternary nitrogens is 1. The van der Waals surface area contributed by atoms with Crippen molar-refractivity contribution in [2.45, 2.75) is 47.3 Å². The molecule has 1 atom stereocenters. The molecule has 0 aromatic heterocycles. The van der Waals surface area contributed by atoms with Crippen molar-refractivity contribution in [3.8, 4) is 5.75 Å². The van der Waals surface area contributed by atoms with Crippen LogP contribution in [0.25, 0.3) is 0 Å². The lowest BCUT2D eigenvalue weighted by molar-refractivity contribution is -0.931. The molecule has 0 aliphatic carbocycles. The summed E-state index contributed by atoms with van der Waals surface area (Å²) in [5.41, 5.74) is 2.16. The van der Waals surface area contributed by atoms with Crippen LogP contribution in [-0.4, -0.2) is 61.7 Å². The van der Waals surface area contributed by atoms with Crippen molar-refractivity contribution >= 4 is 23.5 Å². The number of esters is 2. The first-order valence-corrected chi connectivity index (χ1v) is 11.9. The lowest BCUT2D eigenvalue weighted by Gasteiger charge is -2.40. The second-order valence-corrected chi connectivity index (χ2v) is 8.41. The van der Waals surface area contributed by atoms with Gasteiger partial charge in [-0.2, -0.15) is 0 Å². The summed E-state index contributed by atoms with van der Waals surface area (Å²) in [6, 6.07) is 12.2. The minimum atomic E-state index is -0.578. The van der Waals surface area contributed by atoms with Crippen LogP contribution in [0.2, 0.25) is 0 Å². The number of ether oxygens (including phenoxy) is 3. The van der Waals surface area contributed by atoms with E-state index in [9.17, 15) is 14.4 Å². The van der Waals surface area contributed by atoms with Crippen molar-refractivity contribution in [1.82, 2.24) is 0 Å². The van der Waals surface area contributed by atoms with E-state index in [1.54, 1.807) is 32.9 Å². The highest BCUT2D eigenvalue weighted by molar-refractivity contribution is 6.03. The third-order valence-corrected chi connectivity index (χ3v) is 6.44. The first-order chi connectivity index (χ1) is 16.7. The molecule has 190 valence electrons. The van der Waals surface area contributed by atoms with Crippen LogP contribution in [0.4, 0.5) is 5.69 Å². The lowest BCUT2D eigenvalue weighted by atomic mass is 10.1. The Hall–Kier alpha value is -3.39. The summed E-state index contributed by atoms with van der Waals surface area (Å²) in [6.07, 6.45) is 0. The number of anilines is 1. The summed E-state index contributed by atoms with van der Waals surface area (Å²) in [7, 11) is 1.51. The summed E-state index contributed by atoms with van der Waals surface area (Å²) in [6.45, 7) is 10.7. The number of rotatable bonds is 12. The van der Waals surface area contributed by atoms with E-state index >= 15 is 0 Å². The molecule has 35 heavy (non-hydrogen) atoms. The summed E-state index contributed by atoms with van der Waals surface area (Å²) >= 11 is 0. The van der Waals surface area contributed by atoms with Gasteiger partial charge in [0.1, 0.15) is 12.4 Å². The van der Waals surface area contributed by atoms with Crippen molar-refractivity contribution < 1.29 is 33.1 Å². The van der Waals surface area contributed by atoms with E-state index in [0.717, 1.165) is 5.56 Å². The van der Waals surface area contributed by atoms with Crippen molar-refractivity contribution in [2.75, 3.05) is 38.7 Å². The minimum Gasteiger partial charge on any atom is -0.497 e. The van der Waals surface area contributed by atoms with Crippen molar-refractivity contribution in [3.05, 3.63) is 59.2 Å². The van der Waals surface area contributed by atoms with Crippen LogP contribution in [0.15, 0.2) is 42.5 Å². The zero-order chi connectivity index (χ0) is 26.0. The molecular formula is C27H37N2O6+. The van der Waals surface area contributed by atoms with Gasteiger partial charge < -0.3 is 24.0 Å². The van der Waals surface area contributed by atoms with E-state index in [1.807, 2.05) is 44.2 Å². The van der Waals surface area contributed by atoms with Gasteiger partial charge in [0.25, 0.3) is 5.91 Å². The van der Waals surface area contributed by atoms with Gasteiger partial charge in [0.2, 0.25) is 0 Å². The second-order valence-electron chi connectivity index (χ2n) is 8.41. The summed E-state index contributed by atoms with van der Waals surface area (Å²) in [5, 5.41) is 2.91. The maximum absolute atomic E-state index is 13.4. The fraction of sp³-hybridized carbons (Fsp3) is 0.444. The average Bonchev–Trinajstić information content (AvgIpc) is 2.87. The fourth-order valence-electron chi connectivity index (χ4n) is 4.06. The Kier molecular flexibility index (Phi) is 10.3. The monoisotopic (exact) mass is 485 g/mol. The molecule has 0 bridgehead atoms. The van der Waals surface area contributed by atoms with Gasteiger partial charge in [0, 0.05) is 0 Å². The smallest absolute Gasteiger partial charge is 0.362 e. The molecule has 1 unspecified atom stereocenters. The summed E-state index contributed by atoms with van der Waals surface area (Å²) in [4.78, 5) is 38.7. The topological polar surface area (TPSA) is 90.9 Å². The van der Waals surface area contributed by atoms with E-state index in [1.165, 1.54) is 7.11 Å². The van der Waals surface area contributed by atoms with Crippen LogP contribution in [-0.2, 0) is 25.7 Å². The van der Waals surface area contributed by atoms with Crippen LogP contribution in [0.5, 0.6) is 5.75 Å². The van der Waals surface area contributed by atoms with Crippen LogP contribution < -0.4 is 10.1 Å². The number of hydrogen-bond acceptors (Lipinski definition) is 6. The Morgan fingerprint density at radius 2 is 1.66 bits per heavy atom. The molecule has 0 aliphatic heterocycles. The van der Waals surface area contributed by atoms with E-state index in [4.69, 9.17) is 14.2 Å². The van der Waals surface area contributed by atoms with Crippen LogP contribution in [0.1, 0.15) is 49.2 Å². The van der Waals surface area contributed by atoms with Gasteiger partial charge in [-0.1, -0.05) is 30.3 Å². The maximum atomic E-state index is 13.4. The first kappa shape index (κ1) is 27.9. The number of methoxy groups -OCH3 is 1. The van der Waals surface area contributed by atoms with E-state index < -0.39 is 12.0 Å². The number of likely N-dealkylation sites (N-methyl/N-ethyl adjacent to an activating group) is 1. The standard InChI is InChI=1S/C27H36N2O6/c1-7-29(8-2,17-24(30)35-18-21-13-11-10-12-14-21)20(5)26(31)28-25-19(4)15-22(33-6)16-23(25)27(32)34-9-3/h10-16,20H,7-9,17-18H2,1-6H3/p+1. The van der Waals surface area contributed by atoms with Gasteiger partial charge in [-0.05, 0) is 57.9 Å². The van der Waals surface area contributed by atoms with Crippen molar-refractivity contribution in [1.29, 1.82) is 0 Å². The van der Waals surface area contributed by atoms with Gasteiger partial charge in [0.15, 0.2) is 12.6 Å². The Bertz CT molecular complexity index is 1020. The predicted molar refractivity (Wildman–Crippen MR) is 134 cm³/mol. The summed E-state index contributed by atoms with van der Waals surface area (Å²) < 4.78 is 16.2. The number of carbonyl (C=O) groups is 3. The van der Waals surface area contributed by atoms with Crippen LogP contribution in [0.3, 0.4) is 0 Å². The highest BCUT2D eigenvalue weighted by Gasteiger charge is 2.39. The van der Waals surface area contributed by atoms with Gasteiger partial charge in [-0.3, -0.25) is 4.79 Å². The van der Waals surface area contributed by atoms with Gasteiger partial charge in [-0.25, -0.2) is 9.59 Å². The Morgan fingerprint density at radius 1 is 1.00 bits per heavy atom. The molecule has 8 nitrogen and oxygen atoms in total. The van der Waals surface area contributed by atoms with E-state index in [0.29, 0.717) is 30.1 Å². The fourth-order valence-corrected chi connectivity index (χ4v) is 4.06. The quantitative estimate of drug-likeness (QED) is 0.359. The number of nitrogens with zero attached hydrogens (tertiary/aromatic N) is 1. The predicted octanol–water partition coefficient (Wildman–Crippen LogP) is 4.11. The molecule has 0 saturated heterocycles. The Balaban J connectivity index is 2.23. The number of nitrogens with one attached hydrogen (secondary N) is 1. The normalized spacial score (nSPS) is 11.9. The van der Waals surface area contributed by atoms with Gasteiger partial charge >= 0.3 is 11.9 Å². The van der Waals surface area contributed by atoms with Crippen molar-refractivity contribution in [3.63, 3.8) is 0 Å². The largest absolute Gasteiger partial charge is 0.497 e. The minimum absolute atomic E-state index is 0.0563. The SMILES string of the molecule is CCOC(=O)c1cc(OC)cc(C)c1NC(=O)C(C)[N+](CC)(CC)CC(=O)OCc1ccccc1. The molecule has 2 aromatic carbocycles. The molecule has 0 spiro atoms. The number of carbonyl (C=O) groups excluding carboxylic acids is 3. The summed E-state index contributed by atoms with van der Waals surface area (Å²) in [5.74, 6) is -0.730. The van der Waals surface area contributed by atoms with Crippen LogP contribution >= 0.6 is 0 Å². The molecule has 0 saturated carbocycles. The van der Waals surface area contributed by atoms with Gasteiger partial charge in [0.05, 0.1) is 38.1 Å². The van der Waals surface area contributed by atoms with Gasteiger partial charge in [-0.15, -0.1) is 0 Å². The molecule has 1 N–H and O–H groups in total. The molecular weight excluding hydrogens is 448 g/mol. The molecule has 2 rings (SSSR count). The maximum Gasteiger partial charge on any atom is 0.362 e. The molecule has 2 aromatic rings. The van der Waals surface area contributed by atoms with Crippen LogP contribution in [0, 0.1) is 6.92 Å².